The van der Waals surface area contributed by atoms with Gasteiger partial charge in [0.1, 0.15) is 5.75 Å². The predicted molar refractivity (Wildman–Crippen MR) is 121 cm³/mol. The van der Waals surface area contributed by atoms with Gasteiger partial charge in [0.05, 0.1) is 35.1 Å². The monoisotopic (exact) mass is 439 g/mol. The first kappa shape index (κ1) is 20.4. The standard InChI is InChI=1S/C23H19Cl2N3O2/c1-30-15-11-9-14(10-12-15)13-28-19-8-3-2-5-16(19)21(27-22(26)23(28)29)20-17(24)6-4-7-18(20)25/h2-12,22H,13,26H2,1H3. The fourth-order valence-electron chi connectivity index (χ4n) is 3.45. The molecular formula is C23H19Cl2N3O2. The van der Waals surface area contributed by atoms with E-state index in [2.05, 4.69) is 4.99 Å². The lowest BCUT2D eigenvalue weighted by molar-refractivity contribution is -0.119. The summed E-state index contributed by atoms with van der Waals surface area (Å²) in [5.74, 6) is 0.438. The third-order valence-electron chi connectivity index (χ3n) is 4.94. The quantitative estimate of drug-likeness (QED) is 0.641. The lowest BCUT2D eigenvalue weighted by Crippen LogP contribution is -2.41. The minimum Gasteiger partial charge on any atom is -0.497 e. The zero-order valence-corrected chi connectivity index (χ0v) is 17.7. The van der Waals surface area contributed by atoms with E-state index in [-0.39, 0.29) is 5.91 Å². The van der Waals surface area contributed by atoms with Crippen LogP contribution in [0.5, 0.6) is 5.75 Å². The highest BCUT2D eigenvalue weighted by atomic mass is 35.5. The van der Waals surface area contributed by atoms with Crippen LogP contribution in [0.15, 0.2) is 71.7 Å². The number of halogens is 2. The van der Waals surface area contributed by atoms with Gasteiger partial charge in [0.2, 0.25) is 0 Å². The molecule has 1 unspecified atom stereocenters. The molecule has 0 saturated heterocycles. The number of hydrogen-bond acceptors (Lipinski definition) is 4. The largest absolute Gasteiger partial charge is 0.497 e. The topological polar surface area (TPSA) is 67.9 Å². The van der Waals surface area contributed by atoms with Gasteiger partial charge in [-0.2, -0.15) is 0 Å². The first-order valence-electron chi connectivity index (χ1n) is 9.31. The lowest BCUT2D eigenvalue weighted by atomic mass is 9.99. The SMILES string of the molecule is COc1ccc(CN2C(=O)C(N)N=C(c3c(Cl)cccc3Cl)c3ccccc32)cc1. The summed E-state index contributed by atoms with van der Waals surface area (Å²) in [5.41, 5.74) is 9.62. The van der Waals surface area contributed by atoms with E-state index in [0.29, 0.717) is 33.6 Å². The van der Waals surface area contributed by atoms with E-state index < -0.39 is 6.17 Å². The van der Waals surface area contributed by atoms with Crippen molar-refractivity contribution < 1.29 is 9.53 Å². The molecule has 0 aliphatic carbocycles. The number of nitrogens with two attached hydrogens (primary N) is 1. The molecule has 5 nitrogen and oxygen atoms in total. The summed E-state index contributed by atoms with van der Waals surface area (Å²) in [6.45, 7) is 0.340. The summed E-state index contributed by atoms with van der Waals surface area (Å²) < 4.78 is 5.22. The van der Waals surface area contributed by atoms with Gasteiger partial charge in [-0.05, 0) is 35.9 Å². The number of rotatable bonds is 4. The summed E-state index contributed by atoms with van der Waals surface area (Å²) in [4.78, 5) is 19.4. The van der Waals surface area contributed by atoms with Gasteiger partial charge in [0.25, 0.3) is 5.91 Å². The highest BCUT2D eigenvalue weighted by Crippen LogP contribution is 2.34. The molecule has 7 heteroatoms. The maximum Gasteiger partial charge on any atom is 0.266 e. The first-order valence-corrected chi connectivity index (χ1v) is 10.1. The van der Waals surface area contributed by atoms with Crippen LogP contribution < -0.4 is 15.4 Å². The maximum absolute atomic E-state index is 13.2. The number of amides is 1. The molecule has 0 bridgehead atoms. The lowest BCUT2D eigenvalue weighted by Gasteiger charge is -2.24. The van der Waals surface area contributed by atoms with Crippen LogP contribution in [0.25, 0.3) is 0 Å². The number of methoxy groups -OCH3 is 1. The van der Waals surface area contributed by atoms with Gasteiger partial charge in [0, 0.05) is 11.1 Å². The Kier molecular flexibility index (Phi) is 5.77. The van der Waals surface area contributed by atoms with Crippen molar-refractivity contribution in [3.63, 3.8) is 0 Å². The third-order valence-corrected chi connectivity index (χ3v) is 5.57. The van der Waals surface area contributed by atoms with Gasteiger partial charge >= 0.3 is 0 Å². The van der Waals surface area contributed by atoms with Crippen molar-refractivity contribution in [2.45, 2.75) is 12.7 Å². The highest BCUT2D eigenvalue weighted by molar-refractivity contribution is 6.42. The van der Waals surface area contributed by atoms with Gasteiger partial charge in [-0.1, -0.05) is 59.6 Å². The molecule has 30 heavy (non-hydrogen) atoms. The van der Waals surface area contributed by atoms with Crippen LogP contribution in [0.4, 0.5) is 5.69 Å². The van der Waals surface area contributed by atoms with Crippen LogP contribution in [-0.4, -0.2) is 24.9 Å². The summed E-state index contributed by atoms with van der Waals surface area (Å²) in [5, 5.41) is 0.888. The highest BCUT2D eigenvalue weighted by Gasteiger charge is 2.31. The Labute approximate surface area is 184 Å². The predicted octanol–water partition coefficient (Wildman–Crippen LogP) is 4.67. The number of para-hydroxylation sites is 1. The van der Waals surface area contributed by atoms with Gasteiger partial charge < -0.3 is 15.4 Å². The van der Waals surface area contributed by atoms with E-state index in [4.69, 9.17) is 33.7 Å². The molecule has 1 aliphatic heterocycles. The molecule has 1 atom stereocenters. The van der Waals surface area contributed by atoms with Gasteiger partial charge in [-0.15, -0.1) is 0 Å². The van der Waals surface area contributed by atoms with Crippen LogP contribution in [0.3, 0.4) is 0 Å². The Morgan fingerprint density at radius 3 is 2.33 bits per heavy atom. The molecule has 2 N–H and O–H groups in total. The van der Waals surface area contributed by atoms with E-state index in [0.717, 1.165) is 16.9 Å². The smallest absolute Gasteiger partial charge is 0.266 e. The maximum atomic E-state index is 13.2. The van der Waals surface area contributed by atoms with Gasteiger partial charge in [0.15, 0.2) is 6.17 Å². The van der Waals surface area contributed by atoms with E-state index in [1.807, 2.05) is 48.5 Å². The van der Waals surface area contributed by atoms with Crippen molar-refractivity contribution in [2.75, 3.05) is 12.0 Å². The Bertz CT molecular complexity index is 1110. The average Bonchev–Trinajstić information content (AvgIpc) is 2.85. The average molecular weight is 440 g/mol. The number of benzene rings is 3. The minimum absolute atomic E-state index is 0.309. The Morgan fingerprint density at radius 1 is 1.00 bits per heavy atom. The van der Waals surface area contributed by atoms with Crippen LogP contribution >= 0.6 is 23.2 Å². The van der Waals surface area contributed by atoms with Crippen LogP contribution in [0.1, 0.15) is 16.7 Å². The van der Waals surface area contributed by atoms with Crippen LogP contribution in [0, 0.1) is 0 Å². The van der Waals surface area contributed by atoms with Crippen molar-refractivity contribution in [2.24, 2.45) is 10.7 Å². The van der Waals surface area contributed by atoms with Crippen molar-refractivity contribution in [3.05, 3.63) is 93.5 Å². The number of nitrogens with zero attached hydrogens (tertiary/aromatic N) is 2. The molecule has 0 fully saturated rings. The van der Waals surface area contributed by atoms with Crippen LogP contribution in [-0.2, 0) is 11.3 Å². The van der Waals surface area contributed by atoms with Crippen LogP contribution in [0.2, 0.25) is 10.0 Å². The number of anilines is 1. The molecule has 3 aromatic rings. The van der Waals surface area contributed by atoms with E-state index in [9.17, 15) is 4.79 Å². The molecule has 1 heterocycles. The summed E-state index contributed by atoms with van der Waals surface area (Å²) >= 11 is 12.9. The number of hydrogen-bond donors (Lipinski definition) is 1. The second kappa shape index (κ2) is 8.48. The number of aliphatic imine (C=N–C) groups is 1. The number of ether oxygens (including phenoxy) is 1. The molecule has 1 aliphatic rings. The Morgan fingerprint density at radius 2 is 1.67 bits per heavy atom. The number of carbonyl (C=O) groups is 1. The van der Waals surface area contributed by atoms with Crippen molar-refractivity contribution in [1.29, 1.82) is 0 Å². The summed E-state index contributed by atoms with van der Waals surface area (Å²) in [6, 6.07) is 20.3. The Balaban J connectivity index is 1.83. The molecular weight excluding hydrogens is 421 g/mol. The molecule has 0 aromatic heterocycles. The normalized spacial score (nSPS) is 16.0. The fraction of sp³-hybridized carbons (Fsp3) is 0.130. The van der Waals surface area contributed by atoms with Crippen molar-refractivity contribution >= 4 is 40.5 Å². The number of carbonyl (C=O) groups excluding carboxylic acids is 1. The Hall–Kier alpha value is -2.86. The van der Waals surface area contributed by atoms with Gasteiger partial charge in [-0.25, -0.2) is 0 Å². The molecule has 0 spiro atoms. The number of benzodiazepines with no additional fused rings is 1. The molecule has 1 amide bonds. The number of fused-ring (bicyclic) bond motifs is 1. The molecule has 4 rings (SSSR count). The zero-order valence-electron chi connectivity index (χ0n) is 16.2. The minimum atomic E-state index is -1.09. The third kappa shape index (κ3) is 3.79. The molecule has 0 radical (unpaired) electrons. The second-order valence-electron chi connectivity index (χ2n) is 6.81. The summed E-state index contributed by atoms with van der Waals surface area (Å²) in [6.07, 6.45) is -1.09. The van der Waals surface area contributed by atoms with E-state index >= 15 is 0 Å². The van der Waals surface area contributed by atoms with E-state index in [1.165, 1.54) is 0 Å². The molecule has 152 valence electrons. The molecule has 3 aromatic carbocycles. The summed E-state index contributed by atoms with van der Waals surface area (Å²) in [7, 11) is 1.61. The van der Waals surface area contributed by atoms with Gasteiger partial charge in [-0.3, -0.25) is 9.79 Å². The first-order chi connectivity index (χ1) is 14.5. The zero-order chi connectivity index (χ0) is 21.3. The van der Waals surface area contributed by atoms with E-state index in [1.54, 1.807) is 30.2 Å². The second-order valence-corrected chi connectivity index (χ2v) is 7.62. The van der Waals surface area contributed by atoms with Crippen molar-refractivity contribution in [1.82, 2.24) is 0 Å². The molecule has 0 saturated carbocycles. The van der Waals surface area contributed by atoms with Crippen molar-refractivity contribution in [3.8, 4) is 5.75 Å². The fourth-order valence-corrected chi connectivity index (χ4v) is 4.03.